The molecule has 2 aromatic rings. The van der Waals surface area contributed by atoms with E-state index in [2.05, 4.69) is 20.9 Å². The molecule has 318 valence electrons. The summed E-state index contributed by atoms with van der Waals surface area (Å²) >= 11 is 0. The van der Waals surface area contributed by atoms with E-state index >= 15 is 13.6 Å². The number of anilines is 1. The first-order valence-electron chi connectivity index (χ1n) is 21.1. The van der Waals surface area contributed by atoms with Crippen LogP contribution in [0.3, 0.4) is 0 Å². The van der Waals surface area contributed by atoms with E-state index in [9.17, 15) is 14.7 Å². The Hall–Kier alpha value is -4.11. The van der Waals surface area contributed by atoms with E-state index in [1.807, 2.05) is 55.3 Å². The zero-order chi connectivity index (χ0) is 42.0. The monoisotopic (exact) mass is 817 g/mol. The van der Waals surface area contributed by atoms with Crippen molar-refractivity contribution >= 4 is 34.8 Å². The Morgan fingerprint density at radius 3 is 2.61 bits per heavy atom. The molecule has 7 aliphatic rings. The predicted octanol–water partition coefficient (Wildman–Crippen LogP) is 4.37. The standard InChI is InChI=1S/C45H57F2N5O7/c1-7-42-12-8-14-52-16-13-43(37(42)52)31-19-32(35(57-5)20-34(31)50(4)38(43)45(56,24-53)39(42)59-25(2)54)44(40(55)58-6)21-26-17-27(41(3,46)47)23-51(22-26)15-11-29-30-18-28(48)9-10-33(30)49-36(29)44/h8-10,12,18-20,24,26-27,32,35,37-39,49,56H,7,11,13-17,21-23,48H2,1-6H3/t26-,27?,32?,35?,37+,38-,39-,42-,43-,44+,45+/m1/s1. The number of nitrogens with zero attached hydrogens (tertiary/aromatic N) is 3. The number of aldehydes is 1. The summed E-state index contributed by atoms with van der Waals surface area (Å²) < 4.78 is 49.1. The smallest absolute Gasteiger partial charge is 0.318 e. The Balaban J connectivity index is 1.32. The number of rotatable bonds is 7. The summed E-state index contributed by atoms with van der Waals surface area (Å²) in [6.07, 6.45) is 8.87. The molecule has 4 fully saturated rings. The molecule has 0 amide bonds. The number of hydrogen-bond donors (Lipinski definition) is 3. The number of methoxy groups -OCH3 is 2. The third-order valence-electron chi connectivity index (χ3n) is 15.8. The highest BCUT2D eigenvalue weighted by atomic mass is 19.3. The number of hydrogen-bond acceptors (Lipinski definition) is 11. The lowest BCUT2D eigenvalue weighted by Crippen LogP contribution is -2.78. The van der Waals surface area contributed by atoms with Gasteiger partial charge in [-0.05, 0) is 86.9 Å². The summed E-state index contributed by atoms with van der Waals surface area (Å²) in [5, 5.41) is 13.8. The van der Waals surface area contributed by atoms with Crippen molar-refractivity contribution in [2.75, 3.05) is 59.7 Å². The highest BCUT2D eigenvalue weighted by Crippen LogP contribution is 2.70. The van der Waals surface area contributed by atoms with E-state index in [0.29, 0.717) is 63.1 Å². The second-order valence-electron chi connectivity index (χ2n) is 18.6. The van der Waals surface area contributed by atoms with E-state index in [1.165, 1.54) is 14.0 Å². The number of piperidine rings is 1. The number of aromatic amines is 1. The van der Waals surface area contributed by atoms with Gasteiger partial charge < -0.3 is 39.8 Å². The lowest BCUT2D eigenvalue weighted by molar-refractivity contribution is -0.226. The normalized spacial score (nSPS) is 40.1. The summed E-state index contributed by atoms with van der Waals surface area (Å²) in [7, 11) is 4.84. The Labute approximate surface area is 343 Å². The molecule has 1 saturated carbocycles. The van der Waals surface area contributed by atoms with Crippen LogP contribution in [-0.2, 0) is 40.4 Å². The fraction of sp³-hybridized carbons (Fsp3) is 0.622. The molecule has 59 heavy (non-hydrogen) atoms. The van der Waals surface area contributed by atoms with Crippen LogP contribution in [0.1, 0.15) is 57.7 Å². The van der Waals surface area contributed by atoms with Crippen LogP contribution >= 0.6 is 0 Å². The maximum Gasteiger partial charge on any atom is 0.318 e. The van der Waals surface area contributed by atoms with Crippen LogP contribution in [0.2, 0.25) is 0 Å². The molecule has 12 atom stereocenters. The number of halogens is 2. The van der Waals surface area contributed by atoms with Crippen LogP contribution in [0.4, 0.5) is 14.5 Å². The van der Waals surface area contributed by atoms with Crippen molar-refractivity contribution < 1.29 is 42.5 Å². The largest absolute Gasteiger partial charge is 0.468 e. The van der Waals surface area contributed by atoms with Gasteiger partial charge in [-0.2, -0.15) is 0 Å². The number of carbonyl (C=O) groups excluding carboxylic acids is 3. The molecule has 0 radical (unpaired) electrons. The minimum atomic E-state index is -2.93. The highest BCUT2D eigenvalue weighted by molar-refractivity contribution is 5.92. The maximum atomic E-state index is 15.3. The lowest BCUT2D eigenvalue weighted by Gasteiger charge is -2.63. The van der Waals surface area contributed by atoms with Gasteiger partial charge in [-0.15, -0.1) is 0 Å². The molecule has 6 heterocycles. The number of esters is 2. The number of nitrogen functional groups attached to an aromatic ring is 1. The average molecular weight is 818 g/mol. The molecular formula is C45H57F2N5O7. The van der Waals surface area contributed by atoms with Gasteiger partial charge in [0, 0.05) is 104 Å². The molecule has 4 N–H and O–H groups in total. The minimum absolute atomic E-state index is 0.200. The van der Waals surface area contributed by atoms with Crippen LogP contribution in [-0.4, -0.2) is 133 Å². The number of aliphatic hydroxyl groups is 1. The van der Waals surface area contributed by atoms with Crippen molar-refractivity contribution in [2.24, 2.45) is 28.6 Å². The summed E-state index contributed by atoms with van der Waals surface area (Å²) in [5.41, 5.74) is 5.58. The molecule has 12 nitrogen and oxygen atoms in total. The summed E-state index contributed by atoms with van der Waals surface area (Å²) in [6, 6.07) is 4.51. The SMILES string of the molecule is CC[C@]12C=CCN3CC[C@@]4(C5=CC([C@@]6(C(=O)OC)C[C@H]7CC(C(C)(F)F)CN(CCc8c6[nH]c6ccc(N)cc86)C7)C(OC)C=C5N(C)[C@H]4[C@@](O)(C=O)[C@@H]1OC(C)=O)[C@@H]32. The number of nitrogens with two attached hydrogens (primary N) is 1. The zero-order valence-electron chi connectivity index (χ0n) is 34.8. The molecule has 2 bridgehead atoms. The molecule has 4 unspecified atom stereocenters. The Morgan fingerprint density at radius 2 is 1.93 bits per heavy atom. The van der Waals surface area contributed by atoms with Crippen molar-refractivity contribution in [2.45, 2.75) is 94.1 Å². The van der Waals surface area contributed by atoms with E-state index in [1.54, 1.807) is 7.11 Å². The fourth-order valence-corrected chi connectivity index (χ4v) is 13.7. The fourth-order valence-electron chi connectivity index (χ4n) is 13.7. The van der Waals surface area contributed by atoms with Crippen LogP contribution < -0.4 is 5.73 Å². The van der Waals surface area contributed by atoms with Crippen LogP contribution in [0.15, 0.2) is 53.8 Å². The maximum absolute atomic E-state index is 15.3. The van der Waals surface area contributed by atoms with Crippen molar-refractivity contribution in [3.8, 4) is 0 Å². The number of H-pyrrole nitrogens is 1. The van der Waals surface area contributed by atoms with Crippen LogP contribution in [0, 0.1) is 28.6 Å². The summed E-state index contributed by atoms with van der Waals surface area (Å²) in [4.78, 5) is 51.9. The molecule has 5 aliphatic heterocycles. The number of likely N-dealkylation sites (tertiary alicyclic amines) is 1. The van der Waals surface area contributed by atoms with Gasteiger partial charge in [-0.25, -0.2) is 8.78 Å². The van der Waals surface area contributed by atoms with E-state index < -0.39 is 69.8 Å². The Kier molecular flexibility index (Phi) is 9.36. The van der Waals surface area contributed by atoms with Crippen molar-refractivity contribution in [3.63, 3.8) is 0 Å². The van der Waals surface area contributed by atoms with Gasteiger partial charge in [-0.3, -0.25) is 19.3 Å². The number of carbonyl (C=O) groups is 3. The number of nitrogens with one attached hydrogen (secondary N) is 1. The Morgan fingerprint density at radius 1 is 1.15 bits per heavy atom. The molecule has 3 saturated heterocycles. The number of allylic oxidation sites excluding steroid dienone is 1. The summed E-state index contributed by atoms with van der Waals surface area (Å²) in [5.74, 6) is -5.95. The first-order chi connectivity index (χ1) is 28.0. The molecule has 2 aliphatic carbocycles. The van der Waals surface area contributed by atoms with Gasteiger partial charge >= 0.3 is 11.9 Å². The van der Waals surface area contributed by atoms with Crippen LogP contribution in [0.5, 0.6) is 0 Å². The first-order valence-corrected chi connectivity index (χ1v) is 21.1. The highest BCUT2D eigenvalue weighted by Gasteiger charge is 2.79. The van der Waals surface area contributed by atoms with Gasteiger partial charge in [0.05, 0.1) is 19.3 Å². The predicted molar refractivity (Wildman–Crippen MR) is 216 cm³/mol. The van der Waals surface area contributed by atoms with Gasteiger partial charge in [0.25, 0.3) is 0 Å². The van der Waals surface area contributed by atoms with Gasteiger partial charge in [0.1, 0.15) is 11.5 Å². The number of alkyl halides is 2. The number of fused-ring (bicyclic) bond motifs is 6. The number of benzene rings is 1. The molecule has 1 aromatic carbocycles. The van der Waals surface area contributed by atoms with E-state index in [-0.39, 0.29) is 31.3 Å². The van der Waals surface area contributed by atoms with Crippen molar-refractivity contribution in [3.05, 3.63) is 65.0 Å². The van der Waals surface area contributed by atoms with E-state index in [4.69, 9.17) is 19.9 Å². The quantitative estimate of drug-likeness (QED) is 0.158. The van der Waals surface area contributed by atoms with Crippen molar-refractivity contribution in [1.82, 2.24) is 19.7 Å². The van der Waals surface area contributed by atoms with Gasteiger partial charge in [0.2, 0.25) is 5.92 Å². The van der Waals surface area contributed by atoms with Gasteiger partial charge in [0.15, 0.2) is 11.9 Å². The molecular weight excluding hydrogens is 761 g/mol. The third kappa shape index (κ3) is 5.40. The second kappa shape index (κ2) is 13.7. The molecule has 1 aromatic heterocycles. The molecule has 1 spiro atoms. The minimum Gasteiger partial charge on any atom is -0.468 e. The number of ether oxygens (including phenoxy) is 3. The molecule has 9 rings (SSSR count). The Bertz CT molecular complexity index is 2180. The van der Waals surface area contributed by atoms with Crippen molar-refractivity contribution in [1.29, 1.82) is 0 Å². The topological polar surface area (TPSA) is 151 Å². The third-order valence-corrected chi connectivity index (χ3v) is 15.8. The van der Waals surface area contributed by atoms with Gasteiger partial charge in [-0.1, -0.05) is 25.2 Å². The molecule has 14 heteroatoms. The number of likely N-dealkylation sites (N-methyl/N-ethyl adjacent to an activating group) is 1. The average Bonchev–Trinajstić information content (AvgIpc) is 3.86. The second-order valence-corrected chi connectivity index (χ2v) is 18.6. The number of aromatic nitrogens is 1. The zero-order valence-corrected chi connectivity index (χ0v) is 34.8. The summed E-state index contributed by atoms with van der Waals surface area (Å²) in [6.45, 7) is 6.91. The van der Waals surface area contributed by atoms with E-state index in [0.717, 1.165) is 34.7 Å². The van der Waals surface area contributed by atoms with Crippen LogP contribution in [0.25, 0.3) is 10.9 Å². The lowest BCUT2D eigenvalue weighted by atomic mass is 9.47. The first kappa shape index (κ1) is 40.3.